The number of carbonyl (C=O) groups excluding carboxylic acids is 1. The van der Waals surface area contributed by atoms with Crippen molar-refractivity contribution in [1.82, 2.24) is 9.80 Å². The van der Waals surface area contributed by atoms with E-state index in [1.807, 2.05) is 0 Å². The molecule has 3 rings (SSSR count). The van der Waals surface area contributed by atoms with Crippen LogP contribution in [0.4, 0.5) is 0 Å². The minimum absolute atomic E-state index is 0.0477. The predicted molar refractivity (Wildman–Crippen MR) is 80.3 cm³/mol. The van der Waals surface area contributed by atoms with Gasteiger partial charge in [-0.05, 0) is 32.6 Å². The summed E-state index contributed by atoms with van der Waals surface area (Å²) in [6.45, 7) is 6.00. The van der Waals surface area contributed by atoms with Crippen LogP contribution < -0.4 is 5.73 Å². The summed E-state index contributed by atoms with van der Waals surface area (Å²) in [5.74, 6) is 0.370. The fourth-order valence-electron chi connectivity index (χ4n) is 4.04. The Kier molecular flexibility index (Phi) is 4.04. The van der Waals surface area contributed by atoms with Gasteiger partial charge in [0, 0.05) is 37.8 Å². The number of piperazine rings is 1. The first kappa shape index (κ1) is 14.3. The van der Waals surface area contributed by atoms with Gasteiger partial charge in [-0.3, -0.25) is 9.69 Å². The fraction of sp³-hybridized carbons (Fsp3) is 0.938. The molecule has 0 radical (unpaired) electrons. The molecule has 1 aliphatic heterocycles. The summed E-state index contributed by atoms with van der Waals surface area (Å²) < 4.78 is 0. The van der Waals surface area contributed by atoms with Gasteiger partial charge < -0.3 is 10.6 Å². The van der Waals surface area contributed by atoms with Crippen LogP contribution in [0.25, 0.3) is 0 Å². The first-order valence-corrected chi connectivity index (χ1v) is 8.40. The van der Waals surface area contributed by atoms with Crippen LogP contribution in [0, 0.1) is 5.92 Å². The highest BCUT2D eigenvalue weighted by Gasteiger charge is 2.40. The maximum absolute atomic E-state index is 12.8. The van der Waals surface area contributed by atoms with E-state index in [0.29, 0.717) is 5.91 Å². The molecule has 2 aliphatic carbocycles. The predicted octanol–water partition coefficient (Wildman–Crippen LogP) is 1.59. The molecule has 0 aromatic carbocycles. The van der Waals surface area contributed by atoms with Crippen molar-refractivity contribution in [3.05, 3.63) is 0 Å². The monoisotopic (exact) mass is 279 g/mol. The van der Waals surface area contributed by atoms with Crippen LogP contribution in [0.5, 0.6) is 0 Å². The van der Waals surface area contributed by atoms with Gasteiger partial charge in [-0.25, -0.2) is 0 Å². The second kappa shape index (κ2) is 5.64. The number of carbonyl (C=O) groups is 1. The lowest BCUT2D eigenvalue weighted by molar-refractivity contribution is -0.141. The van der Waals surface area contributed by atoms with Gasteiger partial charge in [0.1, 0.15) is 0 Å². The van der Waals surface area contributed by atoms with E-state index in [-0.39, 0.29) is 11.5 Å². The highest BCUT2D eigenvalue weighted by Crippen LogP contribution is 2.33. The molecule has 20 heavy (non-hydrogen) atoms. The van der Waals surface area contributed by atoms with Crippen LogP contribution in [0.2, 0.25) is 0 Å². The normalized spacial score (nSPS) is 36.7. The Labute approximate surface area is 122 Å². The Morgan fingerprint density at radius 1 is 1.05 bits per heavy atom. The average molecular weight is 279 g/mol. The number of rotatable bonds is 2. The van der Waals surface area contributed by atoms with Crippen LogP contribution in [0.3, 0.4) is 0 Å². The summed E-state index contributed by atoms with van der Waals surface area (Å²) in [6, 6.07) is 0.807. The Morgan fingerprint density at radius 2 is 1.75 bits per heavy atom. The van der Waals surface area contributed by atoms with E-state index < -0.39 is 0 Å². The number of nitrogens with two attached hydrogens (primary N) is 1. The molecular weight excluding hydrogens is 250 g/mol. The minimum Gasteiger partial charge on any atom is -0.340 e. The van der Waals surface area contributed by atoms with Gasteiger partial charge in [-0.1, -0.05) is 19.3 Å². The lowest BCUT2D eigenvalue weighted by Gasteiger charge is -2.45. The summed E-state index contributed by atoms with van der Waals surface area (Å²) >= 11 is 0. The highest BCUT2D eigenvalue weighted by atomic mass is 16.2. The molecule has 1 heterocycles. The lowest BCUT2D eigenvalue weighted by Crippen LogP contribution is -2.58. The van der Waals surface area contributed by atoms with Gasteiger partial charge in [-0.15, -0.1) is 0 Å². The molecule has 4 heteroatoms. The Morgan fingerprint density at radius 3 is 2.30 bits per heavy atom. The van der Waals surface area contributed by atoms with Crippen molar-refractivity contribution in [2.24, 2.45) is 11.7 Å². The molecule has 4 nitrogen and oxygen atoms in total. The summed E-state index contributed by atoms with van der Waals surface area (Å²) in [5, 5.41) is 0. The van der Waals surface area contributed by atoms with E-state index in [4.69, 9.17) is 5.73 Å². The van der Waals surface area contributed by atoms with Crippen molar-refractivity contribution >= 4 is 5.91 Å². The van der Waals surface area contributed by atoms with Gasteiger partial charge in [0.2, 0.25) is 5.91 Å². The second-order valence-corrected chi connectivity index (χ2v) is 7.25. The highest BCUT2D eigenvalue weighted by molar-refractivity contribution is 5.80. The molecular formula is C16H29N3O. The molecule has 3 aliphatic rings. The van der Waals surface area contributed by atoms with Crippen LogP contribution in [0.1, 0.15) is 51.9 Å². The zero-order valence-electron chi connectivity index (χ0n) is 12.8. The number of hydrogen-bond donors (Lipinski definition) is 1. The van der Waals surface area contributed by atoms with Crippen molar-refractivity contribution in [3.63, 3.8) is 0 Å². The second-order valence-electron chi connectivity index (χ2n) is 7.25. The maximum Gasteiger partial charge on any atom is 0.227 e. The maximum atomic E-state index is 12.8. The Hall–Kier alpha value is -0.610. The Balaban J connectivity index is 1.55. The summed E-state index contributed by atoms with van der Waals surface area (Å²) in [6.07, 6.45) is 8.41. The standard InChI is InChI=1S/C16H29N3O/c1-16(17)8-3-2-7-14(16)15(20)19-11-9-18(10-12-19)13-5-4-6-13/h13-14H,2-12,17H2,1H3. The first-order chi connectivity index (χ1) is 9.58. The van der Waals surface area contributed by atoms with Gasteiger partial charge in [0.15, 0.2) is 0 Å². The summed E-state index contributed by atoms with van der Waals surface area (Å²) in [7, 11) is 0. The molecule has 0 spiro atoms. The van der Waals surface area contributed by atoms with Crippen molar-refractivity contribution < 1.29 is 4.79 Å². The summed E-state index contributed by atoms with van der Waals surface area (Å²) in [5.41, 5.74) is 6.09. The van der Waals surface area contributed by atoms with Crippen molar-refractivity contribution in [3.8, 4) is 0 Å². The molecule has 0 aromatic heterocycles. The molecule has 114 valence electrons. The van der Waals surface area contributed by atoms with E-state index in [1.54, 1.807) is 0 Å². The van der Waals surface area contributed by atoms with Crippen LogP contribution in [-0.2, 0) is 4.79 Å². The molecule has 2 unspecified atom stereocenters. The van der Waals surface area contributed by atoms with Crippen LogP contribution in [-0.4, -0.2) is 53.5 Å². The lowest BCUT2D eigenvalue weighted by atomic mass is 9.74. The van der Waals surface area contributed by atoms with Crippen LogP contribution in [0.15, 0.2) is 0 Å². The fourth-order valence-corrected chi connectivity index (χ4v) is 4.04. The first-order valence-electron chi connectivity index (χ1n) is 8.40. The quantitative estimate of drug-likeness (QED) is 0.835. The number of amides is 1. The smallest absolute Gasteiger partial charge is 0.227 e. The zero-order chi connectivity index (χ0) is 14.2. The molecule has 2 atom stereocenters. The Bertz CT molecular complexity index is 357. The van der Waals surface area contributed by atoms with Crippen molar-refractivity contribution in [2.45, 2.75) is 63.5 Å². The molecule has 1 amide bonds. The third kappa shape index (κ3) is 2.73. The average Bonchev–Trinajstić information content (AvgIpc) is 2.36. The third-order valence-electron chi connectivity index (χ3n) is 5.77. The third-order valence-corrected chi connectivity index (χ3v) is 5.77. The molecule has 2 N–H and O–H groups in total. The van der Waals surface area contributed by atoms with Gasteiger partial charge in [0.25, 0.3) is 0 Å². The SMILES string of the molecule is CC1(N)CCCCC1C(=O)N1CCN(C2CCC2)CC1. The van der Waals surface area contributed by atoms with Crippen molar-refractivity contribution in [1.29, 1.82) is 0 Å². The molecule has 2 saturated carbocycles. The minimum atomic E-state index is -0.291. The van der Waals surface area contributed by atoms with Gasteiger partial charge in [-0.2, -0.15) is 0 Å². The van der Waals surface area contributed by atoms with Crippen LogP contribution >= 0.6 is 0 Å². The molecule has 0 aromatic rings. The van der Waals surface area contributed by atoms with E-state index in [2.05, 4.69) is 16.7 Å². The molecule has 0 bridgehead atoms. The number of hydrogen-bond acceptors (Lipinski definition) is 3. The number of nitrogens with zero attached hydrogens (tertiary/aromatic N) is 2. The van der Waals surface area contributed by atoms with E-state index >= 15 is 0 Å². The van der Waals surface area contributed by atoms with E-state index in [0.717, 1.165) is 51.5 Å². The largest absolute Gasteiger partial charge is 0.340 e. The molecule has 1 saturated heterocycles. The summed E-state index contributed by atoms with van der Waals surface area (Å²) in [4.78, 5) is 17.4. The zero-order valence-corrected chi connectivity index (χ0v) is 12.8. The van der Waals surface area contributed by atoms with E-state index in [1.165, 1.54) is 25.7 Å². The van der Waals surface area contributed by atoms with Gasteiger partial charge in [0.05, 0.1) is 5.92 Å². The van der Waals surface area contributed by atoms with Crippen molar-refractivity contribution in [2.75, 3.05) is 26.2 Å². The molecule has 3 fully saturated rings. The van der Waals surface area contributed by atoms with Gasteiger partial charge >= 0.3 is 0 Å². The topological polar surface area (TPSA) is 49.6 Å². The van der Waals surface area contributed by atoms with E-state index in [9.17, 15) is 4.79 Å².